The second-order valence-electron chi connectivity index (χ2n) is 5.48. The van der Waals surface area contributed by atoms with Crippen LogP contribution >= 0.6 is 0 Å². The molecular formula is C13H14F4N4O2. The van der Waals surface area contributed by atoms with Gasteiger partial charge in [0.25, 0.3) is 5.91 Å². The Morgan fingerprint density at radius 1 is 1.35 bits per heavy atom. The van der Waals surface area contributed by atoms with Crippen molar-refractivity contribution in [1.82, 2.24) is 4.98 Å². The third-order valence-electron chi connectivity index (χ3n) is 3.65. The van der Waals surface area contributed by atoms with E-state index in [1.54, 1.807) is 0 Å². The monoisotopic (exact) mass is 334 g/mol. The van der Waals surface area contributed by atoms with E-state index in [4.69, 9.17) is 16.2 Å². The zero-order valence-corrected chi connectivity index (χ0v) is 12.2. The van der Waals surface area contributed by atoms with Crippen LogP contribution in [0.4, 0.5) is 17.6 Å². The summed E-state index contributed by atoms with van der Waals surface area (Å²) in [7, 11) is 0. The lowest BCUT2D eigenvalue weighted by molar-refractivity contribution is -0.249. The fraction of sp³-hybridized carbons (Fsp3) is 0.462. The highest BCUT2D eigenvalue weighted by Gasteiger charge is 2.59. The number of aliphatic imine (C=N–C) groups is 1. The summed E-state index contributed by atoms with van der Waals surface area (Å²) in [4.78, 5) is 18.6. The highest BCUT2D eigenvalue weighted by molar-refractivity contribution is 5.91. The van der Waals surface area contributed by atoms with Crippen LogP contribution in [0, 0.1) is 5.82 Å². The van der Waals surface area contributed by atoms with Crippen LogP contribution in [0.25, 0.3) is 0 Å². The van der Waals surface area contributed by atoms with Gasteiger partial charge in [-0.15, -0.1) is 0 Å². The largest absolute Gasteiger partial charge is 0.424 e. The Morgan fingerprint density at radius 2 is 1.96 bits per heavy atom. The number of hydrogen-bond acceptors (Lipinski definition) is 5. The average molecular weight is 334 g/mol. The molecule has 0 radical (unpaired) electrons. The van der Waals surface area contributed by atoms with Gasteiger partial charge in [0.15, 0.2) is 0 Å². The Bertz CT molecular complexity index is 691. The van der Waals surface area contributed by atoms with E-state index >= 15 is 0 Å². The van der Waals surface area contributed by atoms with Crippen LogP contribution in [0.15, 0.2) is 17.1 Å². The number of alkyl halides is 3. The minimum absolute atomic E-state index is 0.249. The van der Waals surface area contributed by atoms with Gasteiger partial charge in [0.1, 0.15) is 28.6 Å². The van der Waals surface area contributed by atoms with Crippen LogP contribution in [0.1, 0.15) is 30.0 Å². The first-order chi connectivity index (χ1) is 10.4. The third-order valence-corrected chi connectivity index (χ3v) is 3.65. The SMILES string of the molecule is CC1(c2nc(C(N)=O)ccc2F)COC(C)(C(F)(F)F)C(N)=N1. The molecule has 2 heterocycles. The minimum Gasteiger partial charge on any atom is -0.385 e. The van der Waals surface area contributed by atoms with Crippen molar-refractivity contribution in [1.29, 1.82) is 0 Å². The smallest absolute Gasteiger partial charge is 0.385 e. The minimum atomic E-state index is -4.79. The molecule has 0 saturated heterocycles. The van der Waals surface area contributed by atoms with Crippen LogP contribution in [-0.2, 0) is 10.3 Å². The number of nitrogens with zero attached hydrogens (tertiary/aromatic N) is 2. The summed E-state index contributed by atoms with van der Waals surface area (Å²) in [6.07, 6.45) is -4.79. The van der Waals surface area contributed by atoms with E-state index in [1.165, 1.54) is 6.92 Å². The molecule has 126 valence electrons. The molecule has 1 amide bonds. The number of carbonyl (C=O) groups is 1. The Kier molecular flexibility index (Phi) is 3.84. The molecule has 0 saturated carbocycles. The molecule has 0 aliphatic carbocycles. The van der Waals surface area contributed by atoms with Crippen LogP contribution in [0.5, 0.6) is 0 Å². The lowest BCUT2D eigenvalue weighted by Crippen LogP contribution is -2.60. The standard InChI is InChI=1S/C13H14F4N4O2/c1-11(8-6(14)3-4-7(20-8)9(18)22)5-23-12(2,10(19)21-11)13(15,16)17/h3-4H,5H2,1-2H3,(H2,18,22)(H2,19,21). The maximum atomic E-state index is 14.0. The molecule has 10 heteroatoms. The number of aromatic nitrogens is 1. The molecule has 2 unspecified atom stereocenters. The van der Waals surface area contributed by atoms with E-state index in [-0.39, 0.29) is 11.4 Å². The van der Waals surface area contributed by atoms with Crippen molar-refractivity contribution in [3.8, 4) is 0 Å². The van der Waals surface area contributed by atoms with E-state index in [0.29, 0.717) is 0 Å². The van der Waals surface area contributed by atoms with Crippen molar-refractivity contribution < 1.29 is 27.1 Å². The van der Waals surface area contributed by atoms with Gasteiger partial charge in [-0.05, 0) is 26.0 Å². The van der Waals surface area contributed by atoms with Crippen molar-refractivity contribution in [3.05, 3.63) is 29.3 Å². The number of amides is 1. The Balaban J connectivity index is 2.54. The lowest BCUT2D eigenvalue weighted by atomic mass is 9.93. The van der Waals surface area contributed by atoms with Crippen molar-refractivity contribution in [2.45, 2.75) is 31.2 Å². The normalized spacial score (nSPS) is 28.3. The average Bonchev–Trinajstić information content (AvgIpc) is 2.42. The Labute approximate surface area is 128 Å². The molecule has 4 N–H and O–H groups in total. The number of hydrogen-bond donors (Lipinski definition) is 2. The third kappa shape index (κ3) is 2.74. The summed E-state index contributed by atoms with van der Waals surface area (Å²) in [6, 6.07) is 1.98. The fourth-order valence-electron chi connectivity index (χ4n) is 2.07. The van der Waals surface area contributed by atoms with Crippen LogP contribution < -0.4 is 11.5 Å². The molecule has 1 aromatic heterocycles. The van der Waals surface area contributed by atoms with Gasteiger partial charge in [0.2, 0.25) is 5.60 Å². The van der Waals surface area contributed by atoms with Gasteiger partial charge in [-0.25, -0.2) is 9.37 Å². The van der Waals surface area contributed by atoms with Gasteiger partial charge in [0.05, 0.1) is 6.61 Å². The molecule has 0 bridgehead atoms. The maximum absolute atomic E-state index is 14.0. The summed E-state index contributed by atoms with van der Waals surface area (Å²) < 4.78 is 58.0. The van der Waals surface area contributed by atoms with Gasteiger partial charge in [-0.3, -0.25) is 9.79 Å². The summed E-state index contributed by atoms with van der Waals surface area (Å²) in [5.41, 5.74) is 5.47. The first-order valence-corrected chi connectivity index (χ1v) is 6.44. The summed E-state index contributed by atoms with van der Waals surface area (Å²) >= 11 is 0. The topological polar surface area (TPSA) is 104 Å². The number of pyridine rings is 1. The first-order valence-electron chi connectivity index (χ1n) is 6.44. The predicted molar refractivity (Wildman–Crippen MR) is 72.1 cm³/mol. The molecule has 0 fully saturated rings. The molecule has 0 aromatic carbocycles. The number of primary amides is 1. The van der Waals surface area contributed by atoms with E-state index < -0.39 is 41.5 Å². The molecule has 1 aromatic rings. The fourth-order valence-corrected chi connectivity index (χ4v) is 2.07. The van der Waals surface area contributed by atoms with Gasteiger partial charge in [-0.1, -0.05) is 0 Å². The van der Waals surface area contributed by atoms with Gasteiger partial charge in [-0.2, -0.15) is 13.2 Å². The molecule has 1 aliphatic rings. The van der Waals surface area contributed by atoms with Crippen molar-refractivity contribution in [2.75, 3.05) is 6.61 Å². The van der Waals surface area contributed by atoms with Crippen LogP contribution in [0.2, 0.25) is 0 Å². The number of carbonyl (C=O) groups excluding carboxylic acids is 1. The predicted octanol–water partition coefficient (Wildman–Crippen LogP) is 1.24. The van der Waals surface area contributed by atoms with Gasteiger partial charge >= 0.3 is 6.18 Å². The number of ether oxygens (including phenoxy) is 1. The van der Waals surface area contributed by atoms with E-state index in [0.717, 1.165) is 19.1 Å². The van der Waals surface area contributed by atoms with Gasteiger partial charge < -0.3 is 16.2 Å². The van der Waals surface area contributed by atoms with Crippen LogP contribution in [0.3, 0.4) is 0 Å². The van der Waals surface area contributed by atoms with Gasteiger partial charge in [0, 0.05) is 0 Å². The Hall–Kier alpha value is -2.23. The van der Waals surface area contributed by atoms with Crippen LogP contribution in [-0.4, -0.2) is 35.1 Å². The Morgan fingerprint density at radius 3 is 2.43 bits per heavy atom. The number of amidine groups is 1. The molecule has 2 rings (SSSR count). The second kappa shape index (κ2) is 5.15. The first kappa shape index (κ1) is 17.1. The maximum Gasteiger partial charge on any atom is 0.424 e. The zero-order valence-electron chi connectivity index (χ0n) is 12.2. The van der Waals surface area contributed by atoms with E-state index in [1.807, 2.05) is 0 Å². The quantitative estimate of drug-likeness (QED) is 0.794. The summed E-state index contributed by atoms with van der Waals surface area (Å²) in [6.45, 7) is 1.40. The highest BCUT2D eigenvalue weighted by atomic mass is 19.4. The number of halogens is 4. The van der Waals surface area contributed by atoms with E-state index in [9.17, 15) is 22.4 Å². The highest BCUT2D eigenvalue weighted by Crippen LogP contribution is 2.40. The molecule has 23 heavy (non-hydrogen) atoms. The summed E-state index contributed by atoms with van der Waals surface area (Å²) in [5.74, 6) is -2.64. The lowest BCUT2D eigenvalue weighted by Gasteiger charge is -2.40. The molecule has 0 spiro atoms. The number of nitrogens with two attached hydrogens (primary N) is 2. The second-order valence-corrected chi connectivity index (χ2v) is 5.48. The molecule has 1 aliphatic heterocycles. The van der Waals surface area contributed by atoms with E-state index in [2.05, 4.69) is 9.98 Å². The van der Waals surface area contributed by atoms with Crippen molar-refractivity contribution in [3.63, 3.8) is 0 Å². The summed E-state index contributed by atoms with van der Waals surface area (Å²) in [5, 5.41) is 0. The molecular weight excluding hydrogens is 320 g/mol. The number of rotatable bonds is 2. The van der Waals surface area contributed by atoms with Crippen molar-refractivity contribution >= 4 is 11.7 Å². The van der Waals surface area contributed by atoms with Crippen molar-refractivity contribution in [2.24, 2.45) is 16.5 Å². The zero-order chi connectivity index (χ0) is 17.6. The molecule has 6 nitrogen and oxygen atoms in total. The molecule has 2 atom stereocenters.